The van der Waals surface area contributed by atoms with E-state index in [0.717, 1.165) is 5.57 Å². The van der Waals surface area contributed by atoms with Crippen molar-refractivity contribution in [2.24, 2.45) is 0 Å². The van der Waals surface area contributed by atoms with E-state index in [4.69, 9.17) is 4.55 Å². The lowest BCUT2D eigenvalue weighted by Crippen LogP contribution is -2.00. The maximum Gasteiger partial charge on any atom is 0.290 e. The molecule has 0 rings (SSSR count). The Bertz CT molecular complexity index is 292. The van der Waals surface area contributed by atoms with E-state index >= 15 is 0 Å². The summed E-state index contributed by atoms with van der Waals surface area (Å²) in [7, 11) is -3.99. The lowest BCUT2D eigenvalue weighted by atomic mass is 10.3. The van der Waals surface area contributed by atoms with Crippen LogP contribution in [0.4, 0.5) is 0 Å². The summed E-state index contributed by atoms with van der Waals surface area (Å²) in [4.78, 5) is 0.0451. The van der Waals surface area contributed by atoms with E-state index in [1.165, 1.54) is 6.08 Å². The molecule has 0 atom stereocenters. The van der Waals surface area contributed by atoms with Crippen LogP contribution in [0.15, 0.2) is 22.6 Å². The molecule has 0 bridgehead atoms. The zero-order valence-electron chi connectivity index (χ0n) is 7.53. The Balaban J connectivity index is 4.82. The average molecular weight is 190 g/mol. The second-order valence-corrected chi connectivity index (χ2v) is 4.18. The highest BCUT2D eigenvalue weighted by atomic mass is 32.2. The van der Waals surface area contributed by atoms with Gasteiger partial charge < -0.3 is 0 Å². The van der Waals surface area contributed by atoms with Crippen molar-refractivity contribution in [3.05, 3.63) is 22.6 Å². The first-order valence-corrected chi connectivity index (χ1v) is 5.13. The third-order valence-electron chi connectivity index (χ3n) is 1.28. The minimum atomic E-state index is -3.99. The summed E-state index contributed by atoms with van der Waals surface area (Å²) >= 11 is 0. The molecule has 12 heavy (non-hydrogen) atoms. The van der Waals surface area contributed by atoms with Crippen LogP contribution in [0.25, 0.3) is 0 Å². The molecule has 0 spiro atoms. The van der Waals surface area contributed by atoms with E-state index in [1.807, 2.05) is 13.8 Å². The average Bonchev–Trinajstić information content (AvgIpc) is 1.85. The van der Waals surface area contributed by atoms with Crippen LogP contribution in [0.2, 0.25) is 0 Å². The molecule has 0 unspecified atom stereocenters. The molecule has 3 nitrogen and oxygen atoms in total. The molecule has 0 saturated heterocycles. The molecule has 0 saturated carbocycles. The maximum absolute atomic E-state index is 10.6. The summed E-state index contributed by atoms with van der Waals surface area (Å²) in [6.45, 7) is 5.39. The van der Waals surface area contributed by atoms with E-state index < -0.39 is 10.1 Å². The summed E-state index contributed by atoms with van der Waals surface area (Å²) in [5.41, 5.74) is 0.990. The molecular weight excluding hydrogens is 176 g/mol. The fourth-order valence-electron chi connectivity index (χ4n) is 0.646. The van der Waals surface area contributed by atoms with Gasteiger partial charge >= 0.3 is 0 Å². The van der Waals surface area contributed by atoms with Crippen molar-refractivity contribution < 1.29 is 13.0 Å². The lowest BCUT2D eigenvalue weighted by molar-refractivity contribution is 0.489. The van der Waals surface area contributed by atoms with Gasteiger partial charge in [0.05, 0.1) is 4.91 Å². The zero-order chi connectivity index (χ0) is 9.78. The van der Waals surface area contributed by atoms with Gasteiger partial charge in [-0.3, -0.25) is 4.55 Å². The molecule has 0 radical (unpaired) electrons. The molecule has 0 aromatic heterocycles. The maximum atomic E-state index is 10.6. The Hall–Kier alpha value is -0.610. The van der Waals surface area contributed by atoms with Crippen LogP contribution in [-0.2, 0) is 10.1 Å². The van der Waals surface area contributed by atoms with Crippen molar-refractivity contribution >= 4 is 10.1 Å². The molecule has 4 heteroatoms. The summed E-state index contributed by atoms with van der Waals surface area (Å²) in [5.74, 6) is 0. The van der Waals surface area contributed by atoms with Crippen molar-refractivity contribution in [3.8, 4) is 0 Å². The predicted octanol–water partition coefficient (Wildman–Crippen LogP) is 2.13. The summed E-state index contributed by atoms with van der Waals surface area (Å²) < 4.78 is 29.9. The quantitative estimate of drug-likeness (QED) is 0.548. The molecule has 0 aliphatic carbocycles. The number of allylic oxidation sites excluding steroid dienone is 4. The largest absolute Gasteiger partial charge is 0.290 e. The molecule has 0 aromatic carbocycles. The Morgan fingerprint density at radius 3 is 2.08 bits per heavy atom. The second kappa shape index (κ2) is 4.42. The van der Waals surface area contributed by atoms with Crippen LogP contribution in [-0.4, -0.2) is 13.0 Å². The van der Waals surface area contributed by atoms with Crippen molar-refractivity contribution in [2.75, 3.05) is 0 Å². The van der Waals surface area contributed by atoms with Crippen LogP contribution in [0.5, 0.6) is 0 Å². The van der Waals surface area contributed by atoms with E-state index in [1.54, 1.807) is 13.0 Å². The van der Waals surface area contributed by atoms with Gasteiger partial charge in [-0.1, -0.05) is 18.6 Å². The molecule has 70 valence electrons. The standard InChI is InChI=1S/C8H14O3S/c1-4-8(12(9,10)11)6-5-7(2)3/h5-6H,4H2,1-3H3,(H,9,10,11). The van der Waals surface area contributed by atoms with Gasteiger partial charge in [0.15, 0.2) is 0 Å². The Labute approximate surface area is 73.5 Å². The van der Waals surface area contributed by atoms with E-state index in [-0.39, 0.29) is 4.91 Å². The Morgan fingerprint density at radius 1 is 1.33 bits per heavy atom. The van der Waals surface area contributed by atoms with Gasteiger partial charge in [0.2, 0.25) is 0 Å². The van der Waals surface area contributed by atoms with Gasteiger partial charge in [-0.15, -0.1) is 0 Å². The molecule has 0 fully saturated rings. The van der Waals surface area contributed by atoms with Gasteiger partial charge in [0.1, 0.15) is 0 Å². The van der Waals surface area contributed by atoms with Crippen LogP contribution in [0.3, 0.4) is 0 Å². The molecule has 1 N–H and O–H groups in total. The lowest BCUT2D eigenvalue weighted by Gasteiger charge is -1.97. The van der Waals surface area contributed by atoms with Crippen LogP contribution in [0.1, 0.15) is 27.2 Å². The minimum Gasteiger partial charge on any atom is -0.282 e. The Morgan fingerprint density at radius 2 is 1.83 bits per heavy atom. The van der Waals surface area contributed by atoms with E-state index in [0.29, 0.717) is 6.42 Å². The third-order valence-corrected chi connectivity index (χ3v) is 2.37. The highest BCUT2D eigenvalue weighted by Crippen LogP contribution is 2.09. The normalized spacial score (nSPS) is 12.8. The van der Waals surface area contributed by atoms with Gasteiger partial charge in [-0.25, -0.2) is 0 Å². The smallest absolute Gasteiger partial charge is 0.282 e. The SMILES string of the molecule is CCC(=CC=C(C)C)S(=O)(=O)O. The monoisotopic (exact) mass is 190 g/mol. The first-order chi connectivity index (χ1) is 5.38. The van der Waals surface area contributed by atoms with Crippen molar-refractivity contribution in [1.29, 1.82) is 0 Å². The second-order valence-electron chi connectivity index (χ2n) is 2.71. The number of hydrogen-bond acceptors (Lipinski definition) is 2. The summed E-state index contributed by atoms with van der Waals surface area (Å²) in [6.07, 6.45) is 3.39. The molecule has 0 amide bonds. The van der Waals surface area contributed by atoms with Crippen LogP contribution in [0, 0.1) is 0 Å². The molecular formula is C8H14O3S. The minimum absolute atomic E-state index is 0.0451. The first-order valence-electron chi connectivity index (χ1n) is 3.69. The molecule has 0 aromatic rings. The van der Waals surface area contributed by atoms with E-state index in [2.05, 4.69) is 0 Å². The zero-order valence-corrected chi connectivity index (χ0v) is 8.35. The number of hydrogen-bond donors (Lipinski definition) is 1. The first kappa shape index (κ1) is 11.4. The molecule has 0 heterocycles. The third kappa shape index (κ3) is 4.31. The highest BCUT2D eigenvalue weighted by Gasteiger charge is 2.09. The van der Waals surface area contributed by atoms with Crippen molar-refractivity contribution in [2.45, 2.75) is 27.2 Å². The summed E-state index contributed by atoms with van der Waals surface area (Å²) in [6, 6.07) is 0. The van der Waals surface area contributed by atoms with Gasteiger partial charge in [-0.05, 0) is 26.3 Å². The molecule has 0 aliphatic rings. The van der Waals surface area contributed by atoms with E-state index in [9.17, 15) is 8.42 Å². The molecule has 0 aliphatic heterocycles. The number of rotatable bonds is 3. The summed E-state index contributed by atoms with van der Waals surface area (Å²) in [5, 5.41) is 0. The van der Waals surface area contributed by atoms with Crippen LogP contribution < -0.4 is 0 Å². The predicted molar refractivity (Wildman–Crippen MR) is 49.4 cm³/mol. The van der Waals surface area contributed by atoms with Gasteiger partial charge in [0, 0.05) is 0 Å². The fourth-order valence-corrected chi connectivity index (χ4v) is 1.25. The topological polar surface area (TPSA) is 54.4 Å². The fraction of sp³-hybridized carbons (Fsp3) is 0.500. The van der Waals surface area contributed by atoms with Crippen molar-refractivity contribution in [1.82, 2.24) is 0 Å². The van der Waals surface area contributed by atoms with Gasteiger partial charge in [0.25, 0.3) is 10.1 Å². The Kier molecular flexibility index (Phi) is 4.20. The van der Waals surface area contributed by atoms with Gasteiger partial charge in [-0.2, -0.15) is 8.42 Å². The van der Waals surface area contributed by atoms with Crippen LogP contribution >= 0.6 is 0 Å². The highest BCUT2D eigenvalue weighted by molar-refractivity contribution is 7.89. The van der Waals surface area contributed by atoms with Crippen molar-refractivity contribution in [3.63, 3.8) is 0 Å².